The molecule has 3 atom stereocenters. The molecule has 1 aliphatic heterocycles. The van der Waals surface area contributed by atoms with Crippen molar-refractivity contribution in [3.8, 4) is 6.07 Å². The highest BCUT2D eigenvalue weighted by atomic mass is 16.5. The van der Waals surface area contributed by atoms with Crippen molar-refractivity contribution in [2.45, 2.75) is 19.1 Å². The second-order valence-electron chi connectivity index (χ2n) is 6.79. The van der Waals surface area contributed by atoms with E-state index in [1.807, 2.05) is 72.8 Å². The number of hydrogen-bond acceptors (Lipinski definition) is 3. The van der Waals surface area contributed by atoms with Crippen LogP contribution in [0.3, 0.4) is 0 Å². The fourth-order valence-corrected chi connectivity index (χ4v) is 3.54. The highest BCUT2D eigenvalue weighted by Crippen LogP contribution is 2.42. The van der Waals surface area contributed by atoms with Gasteiger partial charge in [0, 0.05) is 11.5 Å². The van der Waals surface area contributed by atoms with Crippen LogP contribution in [0.5, 0.6) is 0 Å². The molecule has 0 aromatic heterocycles. The minimum Gasteiger partial charge on any atom is -0.469 e. The van der Waals surface area contributed by atoms with Gasteiger partial charge in [-0.15, -0.1) is 0 Å². The zero-order chi connectivity index (χ0) is 18.6. The number of nitriles is 1. The van der Waals surface area contributed by atoms with Gasteiger partial charge in [-0.25, -0.2) is 4.99 Å². The first kappa shape index (κ1) is 17.1. The van der Waals surface area contributed by atoms with E-state index in [4.69, 9.17) is 15.0 Å². The maximum Gasteiger partial charge on any atom is 0.217 e. The molecule has 0 saturated carbocycles. The van der Waals surface area contributed by atoms with Gasteiger partial charge in [0.2, 0.25) is 5.90 Å². The number of ether oxygens (including phenoxy) is 1. The minimum atomic E-state index is -0.0838. The largest absolute Gasteiger partial charge is 0.469 e. The Morgan fingerprint density at radius 2 is 1.44 bits per heavy atom. The van der Waals surface area contributed by atoms with Crippen molar-refractivity contribution >= 4 is 5.90 Å². The molecule has 3 heteroatoms. The fraction of sp³-hybridized carbons (Fsp3) is 0.167. The van der Waals surface area contributed by atoms with E-state index in [9.17, 15) is 0 Å². The van der Waals surface area contributed by atoms with Crippen molar-refractivity contribution in [2.75, 3.05) is 0 Å². The highest BCUT2D eigenvalue weighted by Gasteiger charge is 2.35. The molecule has 132 valence electrons. The van der Waals surface area contributed by atoms with E-state index >= 15 is 0 Å². The van der Waals surface area contributed by atoms with Gasteiger partial charge in [0.1, 0.15) is 6.10 Å². The number of benzene rings is 3. The third-order valence-corrected chi connectivity index (χ3v) is 5.00. The lowest BCUT2D eigenvalue weighted by Crippen LogP contribution is -2.28. The van der Waals surface area contributed by atoms with Gasteiger partial charge in [0.15, 0.2) is 0 Å². The first-order valence-corrected chi connectivity index (χ1v) is 9.11. The summed E-state index contributed by atoms with van der Waals surface area (Å²) >= 11 is 0. The molecule has 0 amide bonds. The lowest BCUT2D eigenvalue weighted by molar-refractivity contribution is 0.0955. The van der Waals surface area contributed by atoms with Crippen molar-refractivity contribution in [1.82, 2.24) is 0 Å². The molecular weight excluding hydrogens is 332 g/mol. The molecule has 3 aromatic carbocycles. The fourth-order valence-electron chi connectivity index (χ4n) is 3.54. The number of rotatable bonds is 3. The summed E-state index contributed by atoms with van der Waals surface area (Å²) in [6.07, 6.45) is -0.0838. The molecule has 0 unspecified atom stereocenters. The molecule has 0 saturated heterocycles. The SMILES string of the molecule is C[C@H]1[C@H](c2ccc(C#N)cc2)N=C(c2ccccc2)O[C@H]1c1ccccc1. The van der Waals surface area contributed by atoms with Gasteiger partial charge >= 0.3 is 0 Å². The average molecular weight is 352 g/mol. The molecule has 0 radical (unpaired) electrons. The summed E-state index contributed by atoms with van der Waals surface area (Å²) in [6.45, 7) is 2.17. The van der Waals surface area contributed by atoms with Gasteiger partial charge in [0.25, 0.3) is 0 Å². The van der Waals surface area contributed by atoms with Gasteiger partial charge in [-0.3, -0.25) is 0 Å². The van der Waals surface area contributed by atoms with Gasteiger partial charge in [-0.05, 0) is 35.4 Å². The van der Waals surface area contributed by atoms with E-state index in [1.54, 1.807) is 0 Å². The lowest BCUT2D eigenvalue weighted by Gasteiger charge is -2.35. The lowest BCUT2D eigenvalue weighted by atomic mass is 9.85. The zero-order valence-electron chi connectivity index (χ0n) is 15.1. The van der Waals surface area contributed by atoms with E-state index < -0.39 is 0 Å². The predicted octanol–water partition coefficient (Wildman–Crippen LogP) is 5.45. The van der Waals surface area contributed by atoms with Crippen LogP contribution >= 0.6 is 0 Å². The molecule has 0 aliphatic carbocycles. The van der Waals surface area contributed by atoms with E-state index in [0.29, 0.717) is 11.5 Å². The van der Waals surface area contributed by atoms with E-state index in [-0.39, 0.29) is 18.1 Å². The molecule has 27 heavy (non-hydrogen) atoms. The van der Waals surface area contributed by atoms with Crippen LogP contribution in [0.25, 0.3) is 0 Å². The van der Waals surface area contributed by atoms with Gasteiger partial charge in [-0.1, -0.05) is 67.6 Å². The van der Waals surface area contributed by atoms with Crippen LogP contribution in [0.4, 0.5) is 0 Å². The summed E-state index contributed by atoms with van der Waals surface area (Å²) in [5, 5.41) is 9.07. The number of aliphatic imine (C=N–C) groups is 1. The van der Waals surface area contributed by atoms with Gasteiger partial charge < -0.3 is 4.74 Å². The summed E-state index contributed by atoms with van der Waals surface area (Å²) in [4.78, 5) is 4.95. The Labute approximate surface area is 159 Å². The third-order valence-electron chi connectivity index (χ3n) is 5.00. The third kappa shape index (κ3) is 3.47. The second kappa shape index (κ2) is 7.47. The van der Waals surface area contributed by atoms with Crippen molar-refractivity contribution in [3.63, 3.8) is 0 Å². The quantitative estimate of drug-likeness (QED) is 0.629. The minimum absolute atomic E-state index is 0.0353. The van der Waals surface area contributed by atoms with E-state index in [2.05, 4.69) is 25.1 Å². The number of hydrogen-bond donors (Lipinski definition) is 0. The monoisotopic (exact) mass is 352 g/mol. The molecular formula is C24H20N2O. The molecule has 1 aliphatic rings. The Kier molecular flexibility index (Phi) is 4.72. The molecule has 0 bridgehead atoms. The van der Waals surface area contributed by atoms with Crippen molar-refractivity contribution in [1.29, 1.82) is 5.26 Å². The first-order valence-electron chi connectivity index (χ1n) is 9.11. The van der Waals surface area contributed by atoms with Crippen LogP contribution in [0.1, 0.15) is 41.3 Å². The molecule has 0 fully saturated rings. The molecule has 3 aromatic rings. The zero-order valence-corrected chi connectivity index (χ0v) is 15.1. The summed E-state index contributed by atoms with van der Waals surface area (Å²) in [5.41, 5.74) is 3.88. The highest BCUT2D eigenvalue weighted by molar-refractivity contribution is 5.94. The standard InChI is InChI=1S/C24H20N2O/c1-17-22(19-14-12-18(16-25)13-15-19)26-24(21-10-6-3-7-11-21)27-23(17)20-8-4-2-5-9-20/h2-15,17,22-23H,1H3/t17-,22+,23+/m0/s1. The molecule has 3 nitrogen and oxygen atoms in total. The first-order chi connectivity index (χ1) is 13.3. The van der Waals surface area contributed by atoms with Gasteiger partial charge in [-0.2, -0.15) is 5.26 Å². The Morgan fingerprint density at radius 3 is 2.07 bits per heavy atom. The van der Waals surface area contributed by atoms with Gasteiger partial charge in [0.05, 0.1) is 17.7 Å². The molecule has 0 N–H and O–H groups in total. The van der Waals surface area contributed by atoms with E-state index in [0.717, 1.165) is 16.7 Å². The Balaban J connectivity index is 1.78. The maximum atomic E-state index is 9.07. The topological polar surface area (TPSA) is 45.4 Å². The van der Waals surface area contributed by atoms with Crippen LogP contribution in [-0.2, 0) is 4.74 Å². The predicted molar refractivity (Wildman–Crippen MR) is 106 cm³/mol. The maximum absolute atomic E-state index is 9.07. The van der Waals surface area contributed by atoms with Crippen LogP contribution < -0.4 is 0 Å². The second-order valence-corrected chi connectivity index (χ2v) is 6.79. The van der Waals surface area contributed by atoms with E-state index in [1.165, 1.54) is 0 Å². The Bertz CT molecular complexity index is 972. The van der Waals surface area contributed by atoms with Crippen molar-refractivity contribution in [2.24, 2.45) is 10.9 Å². The smallest absolute Gasteiger partial charge is 0.217 e. The molecule has 0 spiro atoms. The molecule has 4 rings (SSSR count). The van der Waals surface area contributed by atoms with Crippen LogP contribution in [0.15, 0.2) is 89.9 Å². The summed E-state index contributed by atoms with van der Waals surface area (Å²) < 4.78 is 6.37. The summed E-state index contributed by atoms with van der Waals surface area (Å²) in [6, 6.07) is 30.2. The average Bonchev–Trinajstić information content (AvgIpc) is 2.75. The summed E-state index contributed by atoms with van der Waals surface area (Å²) in [5.74, 6) is 0.824. The Morgan fingerprint density at radius 1 is 0.815 bits per heavy atom. The normalized spacial score (nSPS) is 21.6. The van der Waals surface area contributed by atoms with Crippen LogP contribution in [0.2, 0.25) is 0 Å². The summed E-state index contributed by atoms with van der Waals surface area (Å²) in [7, 11) is 0. The van der Waals surface area contributed by atoms with Crippen LogP contribution in [0, 0.1) is 17.2 Å². The van der Waals surface area contributed by atoms with Crippen molar-refractivity contribution in [3.05, 3.63) is 107 Å². The number of nitrogens with zero attached hydrogens (tertiary/aromatic N) is 2. The van der Waals surface area contributed by atoms with Crippen LogP contribution in [-0.4, -0.2) is 5.90 Å². The van der Waals surface area contributed by atoms with Crippen molar-refractivity contribution < 1.29 is 4.74 Å². The molecule has 1 heterocycles. The Hall–Kier alpha value is -3.38.